The van der Waals surface area contributed by atoms with E-state index in [2.05, 4.69) is 19.2 Å². The van der Waals surface area contributed by atoms with Gasteiger partial charge in [0.2, 0.25) is 0 Å². The molecule has 12 heavy (non-hydrogen) atoms. The lowest BCUT2D eigenvalue weighted by atomic mass is 9.73. The number of hydrogen-bond donors (Lipinski definition) is 1. The highest BCUT2D eigenvalue weighted by molar-refractivity contribution is 4.90. The minimum atomic E-state index is 0.670. The van der Waals surface area contributed by atoms with E-state index < -0.39 is 0 Å². The van der Waals surface area contributed by atoms with E-state index in [1.807, 2.05) is 0 Å². The molecule has 2 heteroatoms. The summed E-state index contributed by atoms with van der Waals surface area (Å²) in [7, 11) is 0. The van der Waals surface area contributed by atoms with Crippen molar-refractivity contribution in [2.24, 2.45) is 11.8 Å². The van der Waals surface area contributed by atoms with Gasteiger partial charge in [0.25, 0.3) is 0 Å². The summed E-state index contributed by atoms with van der Waals surface area (Å²) in [6.45, 7) is 6.52. The van der Waals surface area contributed by atoms with Gasteiger partial charge >= 0.3 is 0 Å². The fourth-order valence-electron chi connectivity index (χ4n) is 2.01. The normalized spacial score (nSPS) is 36.2. The van der Waals surface area contributed by atoms with E-state index >= 15 is 0 Å². The summed E-state index contributed by atoms with van der Waals surface area (Å²) in [6.07, 6.45) is 2.77. The van der Waals surface area contributed by atoms with Gasteiger partial charge in [0.1, 0.15) is 0 Å². The van der Waals surface area contributed by atoms with E-state index in [0.29, 0.717) is 6.04 Å². The van der Waals surface area contributed by atoms with Crippen LogP contribution in [0.5, 0.6) is 0 Å². The first kappa shape index (κ1) is 8.52. The third-order valence-corrected chi connectivity index (χ3v) is 3.23. The number of ether oxygens (including phenoxy) is 1. The molecule has 1 aliphatic heterocycles. The Balaban J connectivity index is 1.61. The molecule has 0 aromatic heterocycles. The lowest BCUT2D eigenvalue weighted by Crippen LogP contribution is -2.54. The van der Waals surface area contributed by atoms with Crippen molar-refractivity contribution in [2.45, 2.75) is 38.8 Å². The van der Waals surface area contributed by atoms with E-state index in [9.17, 15) is 0 Å². The highest BCUT2D eigenvalue weighted by Gasteiger charge is 2.33. The monoisotopic (exact) mass is 169 g/mol. The summed E-state index contributed by atoms with van der Waals surface area (Å²) in [6, 6.07) is 1.47. The third kappa shape index (κ3) is 1.64. The van der Waals surface area contributed by atoms with Crippen LogP contribution >= 0.6 is 0 Å². The van der Waals surface area contributed by atoms with Crippen LogP contribution < -0.4 is 5.32 Å². The molecule has 2 fully saturated rings. The average molecular weight is 169 g/mol. The molecule has 1 aliphatic carbocycles. The van der Waals surface area contributed by atoms with Crippen molar-refractivity contribution in [3.63, 3.8) is 0 Å². The molecule has 1 N–H and O–H groups in total. The molecule has 0 bridgehead atoms. The van der Waals surface area contributed by atoms with Crippen molar-refractivity contribution < 1.29 is 4.74 Å². The van der Waals surface area contributed by atoms with Crippen molar-refractivity contribution in [2.75, 3.05) is 13.2 Å². The van der Waals surface area contributed by atoms with Gasteiger partial charge in [0.05, 0.1) is 19.3 Å². The molecule has 70 valence electrons. The summed E-state index contributed by atoms with van der Waals surface area (Å²) in [5.41, 5.74) is 0. The SMILES string of the molecule is CC(C)C1CC(NC2COC2)C1. The van der Waals surface area contributed by atoms with Crippen LogP contribution in [-0.4, -0.2) is 25.3 Å². The van der Waals surface area contributed by atoms with E-state index in [1.165, 1.54) is 12.8 Å². The molecule has 1 heterocycles. The quantitative estimate of drug-likeness (QED) is 0.689. The second-order valence-corrected chi connectivity index (χ2v) is 4.57. The van der Waals surface area contributed by atoms with Crippen LogP contribution in [0.4, 0.5) is 0 Å². The first-order valence-corrected chi connectivity index (χ1v) is 5.09. The number of hydrogen-bond acceptors (Lipinski definition) is 2. The minimum absolute atomic E-state index is 0.670. The van der Waals surface area contributed by atoms with Crippen LogP contribution in [0.25, 0.3) is 0 Å². The Bertz CT molecular complexity index is 148. The number of nitrogens with one attached hydrogen (secondary N) is 1. The molecular weight excluding hydrogens is 150 g/mol. The van der Waals surface area contributed by atoms with E-state index in [0.717, 1.165) is 31.1 Å². The molecule has 0 spiro atoms. The molecule has 2 nitrogen and oxygen atoms in total. The summed E-state index contributed by atoms with van der Waals surface area (Å²) < 4.78 is 5.12. The van der Waals surface area contributed by atoms with Gasteiger partial charge in [-0.15, -0.1) is 0 Å². The highest BCUT2D eigenvalue weighted by Crippen LogP contribution is 2.33. The van der Waals surface area contributed by atoms with Gasteiger partial charge < -0.3 is 10.1 Å². The van der Waals surface area contributed by atoms with Crippen LogP contribution in [0.2, 0.25) is 0 Å². The van der Waals surface area contributed by atoms with Crippen LogP contribution in [-0.2, 0) is 4.74 Å². The lowest BCUT2D eigenvalue weighted by Gasteiger charge is -2.42. The Morgan fingerprint density at radius 2 is 1.83 bits per heavy atom. The molecule has 1 saturated carbocycles. The van der Waals surface area contributed by atoms with Crippen LogP contribution in [0.1, 0.15) is 26.7 Å². The molecule has 0 radical (unpaired) electrons. The van der Waals surface area contributed by atoms with E-state index in [1.54, 1.807) is 0 Å². The van der Waals surface area contributed by atoms with Gasteiger partial charge in [0.15, 0.2) is 0 Å². The van der Waals surface area contributed by atoms with Crippen LogP contribution in [0.15, 0.2) is 0 Å². The topological polar surface area (TPSA) is 21.3 Å². The molecule has 2 aliphatic rings. The Morgan fingerprint density at radius 3 is 2.25 bits per heavy atom. The van der Waals surface area contributed by atoms with E-state index in [-0.39, 0.29) is 0 Å². The maximum Gasteiger partial charge on any atom is 0.0643 e. The molecule has 2 rings (SSSR count). The van der Waals surface area contributed by atoms with E-state index in [4.69, 9.17) is 4.74 Å². The summed E-state index contributed by atoms with van der Waals surface area (Å²) in [5, 5.41) is 3.61. The van der Waals surface area contributed by atoms with Gasteiger partial charge in [-0.1, -0.05) is 13.8 Å². The zero-order valence-corrected chi connectivity index (χ0v) is 8.05. The molecule has 0 aromatic carbocycles. The Kier molecular flexibility index (Phi) is 2.37. The van der Waals surface area contributed by atoms with Crippen LogP contribution in [0, 0.1) is 11.8 Å². The van der Waals surface area contributed by atoms with Gasteiger partial charge in [-0.2, -0.15) is 0 Å². The molecule has 0 aromatic rings. The first-order valence-electron chi connectivity index (χ1n) is 5.09. The van der Waals surface area contributed by atoms with Gasteiger partial charge in [-0.3, -0.25) is 0 Å². The molecule has 1 saturated heterocycles. The van der Waals surface area contributed by atoms with Gasteiger partial charge in [-0.25, -0.2) is 0 Å². The smallest absolute Gasteiger partial charge is 0.0643 e. The minimum Gasteiger partial charge on any atom is -0.378 e. The predicted octanol–water partition coefficient (Wildman–Crippen LogP) is 1.41. The molecule has 0 unspecified atom stereocenters. The van der Waals surface area contributed by atoms with Gasteiger partial charge in [0, 0.05) is 6.04 Å². The maximum absolute atomic E-state index is 5.12. The highest BCUT2D eigenvalue weighted by atomic mass is 16.5. The van der Waals surface area contributed by atoms with Crippen LogP contribution in [0.3, 0.4) is 0 Å². The Morgan fingerprint density at radius 1 is 1.17 bits per heavy atom. The summed E-state index contributed by atoms with van der Waals surface area (Å²) in [5.74, 6) is 1.85. The fourth-order valence-corrected chi connectivity index (χ4v) is 2.01. The van der Waals surface area contributed by atoms with Crippen molar-refractivity contribution in [3.8, 4) is 0 Å². The third-order valence-electron chi connectivity index (χ3n) is 3.23. The summed E-state index contributed by atoms with van der Waals surface area (Å²) in [4.78, 5) is 0. The van der Waals surface area contributed by atoms with Crippen molar-refractivity contribution in [1.82, 2.24) is 5.32 Å². The zero-order chi connectivity index (χ0) is 8.55. The second-order valence-electron chi connectivity index (χ2n) is 4.57. The molecular formula is C10H19NO. The van der Waals surface area contributed by atoms with Gasteiger partial charge in [-0.05, 0) is 24.7 Å². The van der Waals surface area contributed by atoms with Crippen molar-refractivity contribution in [3.05, 3.63) is 0 Å². The second kappa shape index (κ2) is 3.35. The number of rotatable bonds is 3. The lowest BCUT2D eigenvalue weighted by molar-refractivity contribution is -0.0204. The standard InChI is InChI=1S/C10H19NO/c1-7(2)8-3-9(4-8)11-10-5-12-6-10/h7-11H,3-6H2,1-2H3. The summed E-state index contributed by atoms with van der Waals surface area (Å²) >= 11 is 0. The first-order chi connectivity index (χ1) is 5.75. The Hall–Kier alpha value is -0.0800. The Labute approximate surface area is 74.7 Å². The van der Waals surface area contributed by atoms with Crippen molar-refractivity contribution in [1.29, 1.82) is 0 Å². The average Bonchev–Trinajstić information content (AvgIpc) is 1.79. The fraction of sp³-hybridized carbons (Fsp3) is 1.00. The maximum atomic E-state index is 5.12. The molecule has 0 amide bonds. The van der Waals surface area contributed by atoms with Crippen molar-refractivity contribution >= 4 is 0 Å². The zero-order valence-electron chi connectivity index (χ0n) is 8.05. The molecule has 0 atom stereocenters. The largest absolute Gasteiger partial charge is 0.378 e. The predicted molar refractivity (Wildman–Crippen MR) is 49.1 cm³/mol.